The average molecular weight is 292 g/mol. The first-order valence-electron chi connectivity index (χ1n) is 8.00. The van der Waals surface area contributed by atoms with E-state index in [0.29, 0.717) is 11.8 Å². The van der Waals surface area contributed by atoms with Gasteiger partial charge in [-0.1, -0.05) is 13.0 Å². The Morgan fingerprint density at radius 3 is 2.71 bits per heavy atom. The fourth-order valence-corrected chi connectivity index (χ4v) is 2.87. The van der Waals surface area contributed by atoms with Crippen molar-refractivity contribution in [3.8, 4) is 5.75 Å². The molecule has 0 radical (unpaired) electrons. The van der Waals surface area contributed by atoms with Crippen LogP contribution in [-0.4, -0.2) is 38.0 Å². The highest BCUT2D eigenvalue weighted by Gasteiger charge is 2.20. The maximum Gasteiger partial charge on any atom is 0.122 e. The van der Waals surface area contributed by atoms with Crippen LogP contribution in [0.15, 0.2) is 18.2 Å². The first kappa shape index (κ1) is 16.1. The third-order valence-electron chi connectivity index (χ3n) is 4.33. The van der Waals surface area contributed by atoms with Crippen molar-refractivity contribution in [2.24, 2.45) is 0 Å². The predicted octanol–water partition coefficient (Wildman–Crippen LogP) is 3.07. The molecule has 1 fully saturated rings. The molecule has 0 bridgehead atoms. The first-order valence-corrected chi connectivity index (χ1v) is 8.00. The molecule has 1 heterocycles. The van der Waals surface area contributed by atoms with Gasteiger partial charge in [0.25, 0.3) is 0 Å². The highest BCUT2D eigenvalue weighted by atomic mass is 16.5. The number of rotatable bonds is 6. The van der Waals surface area contributed by atoms with E-state index in [2.05, 4.69) is 37.2 Å². The zero-order valence-corrected chi connectivity index (χ0v) is 13.4. The summed E-state index contributed by atoms with van der Waals surface area (Å²) in [5.41, 5.74) is 2.04. The topological polar surface area (TPSA) is 44.7 Å². The second-order valence-corrected chi connectivity index (χ2v) is 5.87. The summed E-state index contributed by atoms with van der Waals surface area (Å²) in [4.78, 5) is 2.26. The molecule has 0 aliphatic carbocycles. The van der Waals surface area contributed by atoms with Crippen molar-refractivity contribution in [3.63, 3.8) is 0 Å². The lowest BCUT2D eigenvalue weighted by atomic mass is 10.0. The monoisotopic (exact) mass is 292 g/mol. The van der Waals surface area contributed by atoms with Crippen molar-refractivity contribution < 1.29 is 9.84 Å². The predicted molar refractivity (Wildman–Crippen MR) is 87.1 cm³/mol. The third kappa shape index (κ3) is 4.11. The van der Waals surface area contributed by atoms with Crippen LogP contribution in [0, 0.1) is 0 Å². The van der Waals surface area contributed by atoms with Gasteiger partial charge in [-0.15, -0.1) is 0 Å². The molecule has 4 nitrogen and oxygen atoms in total. The number of aromatic hydroxyl groups is 1. The van der Waals surface area contributed by atoms with E-state index >= 15 is 0 Å². The van der Waals surface area contributed by atoms with Gasteiger partial charge in [-0.25, -0.2) is 0 Å². The Bertz CT molecular complexity index is 444. The molecule has 118 valence electrons. The molecule has 4 heteroatoms. The molecule has 1 atom stereocenters. The summed E-state index contributed by atoms with van der Waals surface area (Å²) in [6.45, 7) is 6.86. The molecule has 0 spiro atoms. The molecule has 1 aromatic carbocycles. The zero-order chi connectivity index (χ0) is 15.2. The van der Waals surface area contributed by atoms with Gasteiger partial charge in [0.05, 0.1) is 0 Å². The van der Waals surface area contributed by atoms with Crippen LogP contribution >= 0.6 is 0 Å². The third-order valence-corrected chi connectivity index (χ3v) is 4.33. The lowest BCUT2D eigenvalue weighted by molar-refractivity contribution is 0.0855. The molecular weight excluding hydrogens is 264 g/mol. The highest BCUT2D eigenvalue weighted by Crippen LogP contribution is 2.30. The van der Waals surface area contributed by atoms with Gasteiger partial charge in [0, 0.05) is 49.7 Å². The van der Waals surface area contributed by atoms with Crippen LogP contribution in [0.4, 0.5) is 5.69 Å². The molecule has 1 aromatic rings. The van der Waals surface area contributed by atoms with E-state index < -0.39 is 0 Å². The number of nitrogens with one attached hydrogen (secondary N) is 1. The van der Waals surface area contributed by atoms with Crippen LogP contribution in [0.2, 0.25) is 0 Å². The second-order valence-electron chi connectivity index (χ2n) is 5.87. The van der Waals surface area contributed by atoms with Crippen LogP contribution in [-0.2, 0) is 4.74 Å². The minimum absolute atomic E-state index is 0.174. The first-order chi connectivity index (χ1) is 10.1. The van der Waals surface area contributed by atoms with Gasteiger partial charge in [-0.2, -0.15) is 0 Å². The minimum Gasteiger partial charge on any atom is -0.508 e. The van der Waals surface area contributed by atoms with E-state index in [9.17, 15) is 5.11 Å². The fourth-order valence-electron chi connectivity index (χ4n) is 2.87. The highest BCUT2D eigenvalue weighted by molar-refractivity contribution is 5.54. The Kier molecular flexibility index (Phi) is 5.88. The van der Waals surface area contributed by atoms with Crippen molar-refractivity contribution in [1.29, 1.82) is 0 Å². The molecule has 1 aliphatic heterocycles. The SMILES string of the molecule is CCCNC(C)c1ccc(N(C)C2CCOCC2)cc1O. The summed E-state index contributed by atoms with van der Waals surface area (Å²) < 4.78 is 5.41. The van der Waals surface area contributed by atoms with Crippen LogP contribution in [0.1, 0.15) is 44.7 Å². The van der Waals surface area contributed by atoms with Gasteiger partial charge in [0.1, 0.15) is 5.75 Å². The second kappa shape index (κ2) is 7.66. The van der Waals surface area contributed by atoms with Crippen molar-refractivity contribution in [3.05, 3.63) is 23.8 Å². The Labute approximate surface area is 128 Å². The fraction of sp³-hybridized carbons (Fsp3) is 0.647. The van der Waals surface area contributed by atoms with Gasteiger partial charge < -0.3 is 20.1 Å². The molecule has 0 saturated carbocycles. The number of phenolic OH excluding ortho intramolecular Hbond substituents is 1. The van der Waals surface area contributed by atoms with Crippen LogP contribution in [0.3, 0.4) is 0 Å². The van der Waals surface area contributed by atoms with E-state index in [4.69, 9.17) is 4.74 Å². The molecule has 1 aliphatic rings. The van der Waals surface area contributed by atoms with Crippen LogP contribution in [0.25, 0.3) is 0 Å². The number of benzene rings is 1. The van der Waals surface area contributed by atoms with Crippen molar-refractivity contribution in [2.45, 2.75) is 45.2 Å². The zero-order valence-electron chi connectivity index (χ0n) is 13.4. The van der Waals surface area contributed by atoms with Gasteiger partial charge in [-0.3, -0.25) is 0 Å². The largest absolute Gasteiger partial charge is 0.508 e. The number of ether oxygens (including phenoxy) is 1. The molecular formula is C17H28N2O2. The molecule has 1 unspecified atom stereocenters. The Hall–Kier alpha value is -1.26. The average Bonchev–Trinajstić information content (AvgIpc) is 2.52. The Balaban J connectivity index is 2.06. The number of phenols is 1. The maximum atomic E-state index is 10.3. The normalized spacial score (nSPS) is 17.7. The summed E-state index contributed by atoms with van der Waals surface area (Å²) in [6.07, 6.45) is 3.19. The van der Waals surface area contributed by atoms with E-state index in [0.717, 1.165) is 50.3 Å². The lowest BCUT2D eigenvalue weighted by Crippen LogP contribution is -2.36. The molecule has 2 N–H and O–H groups in total. The van der Waals surface area contributed by atoms with Crippen LogP contribution in [0.5, 0.6) is 5.75 Å². The van der Waals surface area contributed by atoms with E-state index in [1.165, 1.54) is 0 Å². The number of anilines is 1. The summed E-state index contributed by atoms with van der Waals surface area (Å²) in [5, 5.41) is 13.7. The summed E-state index contributed by atoms with van der Waals surface area (Å²) >= 11 is 0. The Morgan fingerprint density at radius 2 is 2.10 bits per heavy atom. The van der Waals surface area contributed by atoms with E-state index in [-0.39, 0.29) is 6.04 Å². The summed E-state index contributed by atoms with van der Waals surface area (Å²) in [6, 6.07) is 6.70. The molecule has 0 aromatic heterocycles. The molecule has 1 saturated heterocycles. The van der Waals surface area contributed by atoms with Gasteiger partial charge in [0.15, 0.2) is 0 Å². The van der Waals surface area contributed by atoms with Gasteiger partial charge in [-0.05, 0) is 38.8 Å². The molecule has 2 rings (SSSR count). The Morgan fingerprint density at radius 1 is 1.38 bits per heavy atom. The van der Waals surface area contributed by atoms with E-state index in [1.807, 2.05) is 12.1 Å². The number of hydrogen-bond acceptors (Lipinski definition) is 4. The minimum atomic E-state index is 0.174. The summed E-state index contributed by atoms with van der Waals surface area (Å²) in [5.74, 6) is 0.377. The number of hydrogen-bond donors (Lipinski definition) is 2. The maximum absolute atomic E-state index is 10.3. The van der Waals surface area contributed by atoms with Crippen LogP contribution < -0.4 is 10.2 Å². The lowest BCUT2D eigenvalue weighted by Gasteiger charge is -2.33. The molecule has 0 amide bonds. The van der Waals surface area contributed by atoms with Crippen molar-refractivity contribution >= 4 is 5.69 Å². The van der Waals surface area contributed by atoms with Crippen molar-refractivity contribution in [2.75, 3.05) is 31.7 Å². The van der Waals surface area contributed by atoms with Gasteiger partial charge in [0.2, 0.25) is 0 Å². The van der Waals surface area contributed by atoms with Gasteiger partial charge >= 0.3 is 0 Å². The smallest absolute Gasteiger partial charge is 0.122 e. The van der Waals surface area contributed by atoms with Crippen molar-refractivity contribution in [1.82, 2.24) is 5.32 Å². The van der Waals surface area contributed by atoms with E-state index in [1.54, 1.807) is 0 Å². The molecule has 21 heavy (non-hydrogen) atoms. The summed E-state index contributed by atoms with van der Waals surface area (Å²) in [7, 11) is 2.10. The standard InChI is InChI=1S/C17H28N2O2/c1-4-9-18-13(2)16-6-5-15(12-17(16)20)19(3)14-7-10-21-11-8-14/h5-6,12-14,18,20H,4,7-11H2,1-3H3. The number of nitrogens with zero attached hydrogens (tertiary/aromatic N) is 1. The quantitative estimate of drug-likeness (QED) is 0.846.